The summed E-state index contributed by atoms with van der Waals surface area (Å²) in [6.45, 7) is 0.0710. The Labute approximate surface area is 228 Å². The second kappa shape index (κ2) is 15.5. The number of nitrogens with zero attached hydrogens (tertiary/aromatic N) is 2. The quantitative estimate of drug-likeness (QED) is 0.151. The second-order valence-electron chi connectivity index (χ2n) is 9.78. The smallest absolute Gasteiger partial charge is 0.310 e. The van der Waals surface area contributed by atoms with Gasteiger partial charge in [0.25, 0.3) is 5.09 Å². The zero-order chi connectivity index (χ0) is 28.8. The number of carboxylic acids is 2. The van der Waals surface area contributed by atoms with Crippen LogP contribution < -0.4 is 9.47 Å². The van der Waals surface area contributed by atoms with Crippen molar-refractivity contribution in [3.05, 3.63) is 69.8 Å². The van der Waals surface area contributed by atoms with Gasteiger partial charge in [-0.2, -0.15) is 0 Å². The number of aryl methyl sites for hydroxylation is 2. The van der Waals surface area contributed by atoms with Crippen molar-refractivity contribution in [3.63, 3.8) is 0 Å². The van der Waals surface area contributed by atoms with Crippen LogP contribution >= 0.6 is 0 Å². The van der Waals surface area contributed by atoms with Crippen LogP contribution in [-0.2, 0) is 27.3 Å². The van der Waals surface area contributed by atoms with Crippen molar-refractivity contribution in [2.75, 3.05) is 41.0 Å². The van der Waals surface area contributed by atoms with Crippen LogP contribution in [0.15, 0.2) is 48.5 Å². The largest absolute Gasteiger partial charge is 0.497 e. The molecule has 0 aliphatic rings. The Morgan fingerprint density at radius 1 is 1.08 bits per heavy atom. The molecule has 2 atom stereocenters. The lowest BCUT2D eigenvalue weighted by molar-refractivity contribution is -0.757. The Kier molecular flexibility index (Phi) is 12.5. The van der Waals surface area contributed by atoms with E-state index >= 15 is 0 Å². The first-order valence-corrected chi connectivity index (χ1v) is 12.8. The Bertz CT molecular complexity index is 1090. The number of hydrogen-bond donors (Lipinski definition) is 2. The molecular formula is C28H38N2O9. The van der Waals surface area contributed by atoms with Crippen molar-refractivity contribution in [2.24, 2.45) is 11.3 Å². The molecule has 2 unspecified atom stereocenters. The lowest BCUT2D eigenvalue weighted by Crippen LogP contribution is -2.47. The third kappa shape index (κ3) is 10.1. The number of benzene rings is 2. The van der Waals surface area contributed by atoms with Crippen molar-refractivity contribution in [1.82, 2.24) is 4.90 Å². The summed E-state index contributed by atoms with van der Waals surface area (Å²) in [6.07, 6.45) is 1.29. The summed E-state index contributed by atoms with van der Waals surface area (Å²) in [5, 5.41) is 29.5. The molecule has 0 bridgehead atoms. The van der Waals surface area contributed by atoms with E-state index in [4.69, 9.17) is 9.47 Å². The SMILES string of the molecule is COc1cccc(CCc2ccccc2OCC(CN(C)C)C(CCCCO[N+](=O)[O-])(CC(=O)O)C(=O)O)c1. The van der Waals surface area contributed by atoms with Gasteiger partial charge >= 0.3 is 11.9 Å². The molecule has 214 valence electrons. The molecule has 0 spiro atoms. The maximum absolute atomic E-state index is 12.7. The minimum atomic E-state index is -1.64. The molecule has 2 rings (SSSR count). The van der Waals surface area contributed by atoms with Gasteiger partial charge in [-0.25, -0.2) is 0 Å². The number of ether oxygens (including phenoxy) is 2. The monoisotopic (exact) mass is 546 g/mol. The molecule has 11 nitrogen and oxygen atoms in total. The highest BCUT2D eigenvalue weighted by Crippen LogP contribution is 2.39. The van der Waals surface area contributed by atoms with E-state index in [-0.39, 0.29) is 39.0 Å². The van der Waals surface area contributed by atoms with Crippen LogP contribution in [0.25, 0.3) is 0 Å². The Morgan fingerprint density at radius 3 is 2.46 bits per heavy atom. The van der Waals surface area contributed by atoms with Gasteiger partial charge in [-0.15, -0.1) is 10.1 Å². The Balaban J connectivity index is 2.24. The van der Waals surface area contributed by atoms with Crippen molar-refractivity contribution in [1.29, 1.82) is 0 Å². The van der Waals surface area contributed by atoms with E-state index in [9.17, 15) is 29.9 Å². The zero-order valence-corrected chi connectivity index (χ0v) is 22.7. The van der Waals surface area contributed by atoms with Gasteiger partial charge < -0.3 is 29.4 Å². The van der Waals surface area contributed by atoms with Crippen LogP contribution in [0.5, 0.6) is 11.5 Å². The van der Waals surface area contributed by atoms with Crippen molar-refractivity contribution in [2.45, 2.75) is 38.5 Å². The average Bonchev–Trinajstić information content (AvgIpc) is 2.88. The molecule has 0 amide bonds. The minimum absolute atomic E-state index is 0.00899. The first-order chi connectivity index (χ1) is 18.6. The molecule has 2 aromatic carbocycles. The Morgan fingerprint density at radius 2 is 1.82 bits per heavy atom. The summed E-state index contributed by atoms with van der Waals surface area (Å²) in [4.78, 5) is 41.1. The molecule has 0 aromatic heterocycles. The molecule has 2 aromatic rings. The standard InChI is InChI=1S/C28H38N2O9/c1-29(2)19-23(28(27(33)34,18-26(31)32)15-6-7-16-39-30(35)36)20-38-25-12-5-4-10-22(25)14-13-21-9-8-11-24(17-21)37-3/h4-5,8-12,17,23H,6-7,13-16,18-20H2,1-3H3,(H,31,32)(H,33,34). The molecule has 0 fully saturated rings. The van der Waals surface area contributed by atoms with Gasteiger partial charge in [0, 0.05) is 12.5 Å². The zero-order valence-electron chi connectivity index (χ0n) is 22.7. The van der Waals surface area contributed by atoms with E-state index < -0.39 is 34.8 Å². The van der Waals surface area contributed by atoms with Gasteiger partial charge in [0.2, 0.25) is 0 Å². The maximum atomic E-state index is 12.7. The van der Waals surface area contributed by atoms with E-state index in [1.165, 1.54) is 0 Å². The third-order valence-electron chi connectivity index (χ3n) is 6.70. The Hall–Kier alpha value is -3.86. The van der Waals surface area contributed by atoms with E-state index in [1.807, 2.05) is 48.5 Å². The number of carboxylic acid groups (broad SMARTS) is 2. The number of para-hydroxylation sites is 1. The van der Waals surface area contributed by atoms with E-state index in [2.05, 4.69) is 4.84 Å². The summed E-state index contributed by atoms with van der Waals surface area (Å²) in [5.74, 6) is -1.76. The van der Waals surface area contributed by atoms with Gasteiger partial charge in [-0.05, 0) is 69.1 Å². The molecule has 0 heterocycles. The fraction of sp³-hybridized carbons (Fsp3) is 0.500. The van der Waals surface area contributed by atoms with Crippen LogP contribution in [0.4, 0.5) is 0 Å². The van der Waals surface area contributed by atoms with E-state index in [0.717, 1.165) is 23.3 Å². The second-order valence-corrected chi connectivity index (χ2v) is 9.78. The van der Waals surface area contributed by atoms with Crippen LogP contribution in [-0.4, -0.2) is 73.1 Å². The number of rotatable bonds is 19. The summed E-state index contributed by atoms with van der Waals surface area (Å²) >= 11 is 0. The predicted octanol–water partition coefficient (Wildman–Crippen LogP) is 3.96. The highest BCUT2D eigenvalue weighted by Gasteiger charge is 2.47. The van der Waals surface area contributed by atoms with Gasteiger partial charge in [-0.1, -0.05) is 36.8 Å². The maximum Gasteiger partial charge on any atom is 0.310 e. The number of methoxy groups -OCH3 is 1. The van der Waals surface area contributed by atoms with Crippen LogP contribution in [0.1, 0.15) is 36.8 Å². The van der Waals surface area contributed by atoms with Gasteiger partial charge in [0.1, 0.15) is 11.5 Å². The fourth-order valence-corrected chi connectivity index (χ4v) is 4.72. The highest BCUT2D eigenvalue weighted by atomic mass is 16.9. The summed E-state index contributed by atoms with van der Waals surface area (Å²) in [6, 6.07) is 15.3. The van der Waals surface area contributed by atoms with Crippen LogP contribution in [0, 0.1) is 21.4 Å². The number of aliphatic carboxylic acids is 2. The predicted molar refractivity (Wildman–Crippen MR) is 144 cm³/mol. The summed E-state index contributed by atoms with van der Waals surface area (Å²) in [5.41, 5.74) is 0.405. The molecule has 2 N–H and O–H groups in total. The van der Waals surface area contributed by atoms with Gasteiger partial charge in [-0.3, -0.25) is 9.59 Å². The van der Waals surface area contributed by atoms with Crippen molar-refractivity contribution in [3.8, 4) is 11.5 Å². The number of carbonyl (C=O) groups is 2. The molecular weight excluding hydrogens is 508 g/mol. The fourth-order valence-electron chi connectivity index (χ4n) is 4.72. The number of unbranched alkanes of at least 4 members (excludes halogenated alkanes) is 1. The summed E-state index contributed by atoms with van der Waals surface area (Å²) < 4.78 is 11.5. The number of hydrogen-bond acceptors (Lipinski definition) is 8. The molecule has 0 saturated heterocycles. The minimum Gasteiger partial charge on any atom is -0.497 e. The third-order valence-corrected chi connectivity index (χ3v) is 6.70. The average molecular weight is 547 g/mol. The van der Waals surface area contributed by atoms with Crippen molar-refractivity contribution >= 4 is 11.9 Å². The van der Waals surface area contributed by atoms with E-state index in [0.29, 0.717) is 12.2 Å². The van der Waals surface area contributed by atoms with E-state index in [1.54, 1.807) is 26.1 Å². The topological polar surface area (TPSA) is 149 Å². The normalized spacial score (nSPS) is 13.3. The molecule has 39 heavy (non-hydrogen) atoms. The molecule has 0 saturated carbocycles. The first kappa shape index (κ1) is 31.4. The lowest BCUT2D eigenvalue weighted by atomic mass is 9.69. The summed E-state index contributed by atoms with van der Waals surface area (Å²) in [7, 11) is 5.19. The van der Waals surface area contributed by atoms with Gasteiger partial charge in [0.05, 0.1) is 32.2 Å². The molecule has 11 heteroatoms. The molecule has 0 aliphatic carbocycles. The van der Waals surface area contributed by atoms with Crippen LogP contribution in [0.3, 0.4) is 0 Å². The highest BCUT2D eigenvalue weighted by molar-refractivity contribution is 5.82. The van der Waals surface area contributed by atoms with Crippen molar-refractivity contribution < 1.29 is 39.2 Å². The molecule has 0 radical (unpaired) electrons. The van der Waals surface area contributed by atoms with Gasteiger partial charge in [0.15, 0.2) is 0 Å². The lowest BCUT2D eigenvalue weighted by Gasteiger charge is -2.37. The molecule has 0 aliphatic heterocycles. The first-order valence-electron chi connectivity index (χ1n) is 12.8. The van der Waals surface area contributed by atoms with Crippen LogP contribution in [0.2, 0.25) is 0 Å².